The Morgan fingerprint density at radius 2 is 1.81 bits per heavy atom. The average molecular weight is 354 g/mol. The predicted octanol–water partition coefficient (Wildman–Crippen LogP) is 5.12. The second-order valence-electron chi connectivity index (χ2n) is 5.05. The van der Waals surface area contributed by atoms with Crippen molar-refractivity contribution in [3.8, 4) is 0 Å². The number of halogens is 3. The minimum absolute atomic E-state index is 0.279. The van der Waals surface area contributed by atoms with Gasteiger partial charge in [-0.15, -0.1) is 0 Å². The van der Waals surface area contributed by atoms with Crippen molar-refractivity contribution in [2.75, 3.05) is 6.54 Å². The van der Waals surface area contributed by atoms with Crippen LogP contribution in [0.3, 0.4) is 0 Å². The molecule has 0 saturated carbocycles. The summed E-state index contributed by atoms with van der Waals surface area (Å²) in [5.41, 5.74) is 2.52. The molecule has 0 bridgehead atoms. The molecule has 0 amide bonds. The minimum atomic E-state index is -0.557. The molecule has 0 saturated heterocycles. The van der Waals surface area contributed by atoms with Gasteiger partial charge in [0.15, 0.2) is 0 Å². The Kier molecular flexibility index (Phi) is 5.48. The molecule has 0 aliphatic heterocycles. The molecule has 2 rings (SSSR count). The molecule has 0 aliphatic rings. The van der Waals surface area contributed by atoms with Crippen molar-refractivity contribution in [1.82, 2.24) is 5.32 Å². The molecule has 2 aromatic carbocycles. The summed E-state index contributed by atoms with van der Waals surface area (Å²) < 4.78 is 28.3. The molecule has 4 heteroatoms. The molecule has 112 valence electrons. The van der Waals surface area contributed by atoms with Gasteiger partial charge in [0.1, 0.15) is 11.6 Å². The first kappa shape index (κ1) is 16.1. The van der Waals surface area contributed by atoms with Crippen molar-refractivity contribution >= 4 is 15.9 Å². The van der Waals surface area contributed by atoms with Gasteiger partial charge in [-0.25, -0.2) is 8.78 Å². The lowest BCUT2D eigenvalue weighted by Gasteiger charge is -2.22. The molecule has 0 radical (unpaired) electrons. The SMILES string of the molecule is CCCNC(c1ccc(Br)cc1C)c1ccc(F)cc1F. The molecular weight excluding hydrogens is 336 g/mol. The summed E-state index contributed by atoms with van der Waals surface area (Å²) in [5, 5.41) is 3.34. The molecular formula is C17H18BrF2N. The highest BCUT2D eigenvalue weighted by molar-refractivity contribution is 9.10. The molecule has 0 aromatic heterocycles. The van der Waals surface area contributed by atoms with E-state index in [4.69, 9.17) is 0 Å². The molecule has 1 unspecified atom stereocenters. The van der Waals surface area contributed by atoms with E-state index in [9.17, 15) is 8.78 Å². The second-order valence-corrected chi connectivity index (χ2v) is 5.97. The van der Waals surface area contributed by atoms with Crippen LogP contribution in [-0.2, 0) is 0 Å². The third kappa shape index (κ3) is 3.89. The first-order valence-electron chi connectivity index (χ1n) is 6.97. The van der Waals surface area contributed by atoms with E-state index in [1.807, 2.05) is 25.1 Å². The fraction of sp³-hybridized carbons (Fsp3) is 0.294. The Labute approximate surface area is 132 Å². The Balaban J connectivity index is 2.46. The van der Waals surface area contributed by atoms with Crippen LogP contribution in [0.25, 0.3) is 0 Å². The van der Waals surface area contributed by atoms with Crippen LogP contribution >= 0.6 is 15.9 Å². The highest BCUT2D eigenvalue weighted by atomic mass is 79.9. The van der Waals surface area contributed by atoms with Crippen molar-refractivity contribution in [3.63, 3.8) is 0 Å². The molecule has 1 N–H and O–H groups in total. The summed E-state index contributed by atoms with van der Waals surface area (Å²) in [6, 6.07) is 9.37. The second kappa shape index (κ2) is 7.14. The van der Waals surface area contributed by atoms with E-state index in [1.54, 1.807) is 0 Å². The zero-order chi connectivity index (χ0) is 15.4. The standard InChI is InChI=1S/C17H18BrF2N/c1-3-8-21-17(14-6-4-12(18)9-11(14)2)15-7-5-13(19)10-16(15)20/h4-7,9-10,17,21H,3,8H2,1-2H3. The maximum absolute atomic E-state index is 14.1. The fourth-order valence-electron chi connectivity index (χ4n) is 2.37. The summed E-state index contributed by atoms with van der Waals surface area (Å²) in [4.78, 5) is 0. The van der Waals surface area contributed by atoms with Crippen LogP contribution in [0.5, 0.6) is 0 Å². The number of hydrogen-bond acceptors (Lipinski definition) is 1. The molecule has 1 atom stereocenters. The zero-order valence-corrected chi connectivity index (χ0v) is 13.7. The van der Waals surface area contributed by atoms with Crippen molar-refractivity contribution in [3.05, 3.63) is 69.2 Å². The maximum atomic E-state index is 14.1. The van der Waals surface area contributed by atoms with E-state index in [-0.39, 0.29) is 6.04 Å². The van der Waals surface area contributed by atoms with E-state index in [0.717, 1.165) is 34.6 Å². The monoisotopic (exact) mass is 353 g/mol. The van der Waals surface area contributed by atoms with Gasteiger partial charge < -0.3 is 5.32 Å². The van der Waals surface area contributed by atoms with Gasteiger partial charge in [0.25, 0.3) is 0 Å². The molecule has 2 aromatic rings. The lowest BCUT2D eigenvalue weighted by Crippen LogP contribution is -2.25. The summed E-state index contributed by atoms with van der Waals surface area (Å²) in [6.45, 7) is 4.80. The van der Waals surface area contributed by atoms with Crippen molar-refractivity contribution in [2.24, 2.45) is 0 Å². The first-order chi connectivity index (χ1) is 10.0. The molecule has 0 spiro atoms. The molecule has 0 heterocycles. The van der Waals surface area contributed by atoms with Gasteiger partial charge in [-0.1, -0.05) is 35.0 Å². The van der Waals surface area contributed by atoms with Crippen molar-refractivity contribution in [2.45, 2.75) is 26.3 Å². The largest absolute Gasteiger partial charge is 0.306 e. The van der Waals surface area contributed by atoms with Crippen molar-refractivity contribution in [1.29, 1.82) is 0 Å². The van der Waals surface area contributed by atoms with E-state index in [0.29, 0.717) is 5.56 Å². The Morgan fingerprint density at radius 3 is 2.43 bits per heavy atom. The summed E-state index contributed by atoms with van der Waals surface area (Å²) >= 11 is 3.43. The van der Waals surface area contributed by atoms with E-state index in [2.05, 4.69) is 28.2 Å². The summed E-state index contributed by atoms with van der Waals surface area (Å²) in [6.07, 6.45) is 0.939. The number of rotatable bonds is 5. The molecule has 1 nitrogen and oxygen atoms in total. The van der Waals surface area contributed by atoms with Crippen LogP contribution in [0.15, 0.2) is 40.9 Å². The quantitative estimate of drug-likeness (QED) is 0.785. The lowest BCUT2D eigenvalue weighted by molar-refractivity contribution is 0.532. The summed E-state index contributed by atoms with van der Waals surface area (Å²) in [7, 11) is 0. The van der Waals surface area contributed by atoms with E-state index < -0.39 is 11.6 Å². The normalized spacial score (nSPS) is 12.4. The lowest BCUT2D eigenvalue weighted by atomic mass is 9.94. The van der Waals surface area contributed by atoms with Gasteiger partial charge in [-0.05, 0) is 49.2 Å². The number of aryl methyl sites for hydroxylation is 1. The molecule has 0 fully saturated rings. The van der Waals surface area contributed by atoms with Crippen LogP contribution in [0.4, 0.5) is 8.78 Å². The Morgan fingerprint density at radius 1 is 1.10 bits per heavy atom. The van der Waals surface area contributed by atoms with Gasteiger partial charge in [-0.2, -0.15) is 0 Å². The predicted molar refractivity (Wildman–Crippen MR) is 85.4 cm³/mol. The highest BCUT2D eigenvalue weighted by Crippen LogP contribution is 2.29. The highest BCUT2D eigenvalue weighted by Gasteiger charge is 2.19. The van der Waals surface area contributed by atoms with Gasteiger partial charge in [-0.3, -0.25) is 0 Å². The van der Waals surface area contributed by atoms with Crippen LogP contribution in [0.2, 0.25) is 0 Å². The van der Waals surface area contributed by atoms with Gasteiger partial charge >= 0.3 is 0 Å². The zero-order valence-electron chi connectivity index (χ0n) is 12.1. The Bertz CT molecular complexity index is 577. The molecule has 21 heavy (non-hydrogen) atoms. The fourth-order valence-corrected chi connectivity index (χ4v) is 2.85. The smallest absolute Gasteiger partial charge is 0.131 e. The first-order valence-corrected chi connectivity index (χ1v) is 7.76. The van der Waals surface area contributed by atoms with E-state index >= 15 is 0 Å². The number of nitrogens with one attached hydrogen (secondary N) is 1. The van der Waals surface area contributed by atoms with Crippen LogP contribution in [-0.4, -0.2) is 6.54 Å². The van der Waals surface area contributed by atoms with Crippen LogP contribution in [0.1, 0.15) is 36.1 Å². The topological polar surface area (TPSA) is 12.0 Å². The summed E-state index contributed by atoms with van der Waals surface area (Å²) in [5.74, 6) is -1.08. The van der Waals surface area contributed by atoms with Gasteiger partial charge in [0.2, 0.25) is 0 Å². The third-order valence-corrected chi connectivity index (χ3v) is 3.91. The van der Waals surface area contributed by atoms with Gasteiger partial charge in [0, 0.05) is 16.1 Å². The van der Waals surface area contributed by atoms with Gasteiger partial charge in [0.05, 0.1) is 6.04 Å². The molecule has 0 aliphatic carbocycles. The third-order valence-electron chi connectivity index (χ3n) is 3.41. The maximum Gasteiger partial charge on any atom is 0.131 e. The van der Waals surface area contributed by atoms with Crippen molar-refractivity contribution < 1.29 is 8.78 Å². The Hall–Kier alpha value is -1.26. The van der Waals surface area contributed by atoms with E-state index in [1.165, 1.54) is 12.1 Å². The average Bonchev–Trinajstić information content (AvgIpc) is 2.42. The van der Waals surface area contributed by atoms with Crippen LogP contribution in [0, 0.1) is 18.6 Å². The number of hydrogen-bond donors (Lipinski definition) is 1. The minimum Gasteiger partial charge on any atom is -0.306 e. The number of benzene rings is 2. The van der Waals surface area contributed by atoms with Crippen LogP contribution < -0.4 is 5.32 Å².